The van der Waals surface area contributed by atoms with E-state index >= 15 is 0 Å². The Balaban J connectivity index is 1.48. The van der Waals surface area contributed by atoms with Crippen molar-refractivity contribution in [2.75, 3.05) is 39.0 Å². The van der Waals surface area contributed by atoms with Crippen molar-refractivity contribution in [2.24, 2.45) is 0 Å². The minimum Gasteiger partial charge on any atom is -0.497 e. The highest BCUT2D eigenvalue weighted by Gasteiger charge is 2.24. The minimum atomic E-state index is -0.0346. The molecule has 2 amide bonds. The molecule has 1 fully saturated rings. The number of amides is 2. The number of hydrogen-bond acceptors (Lipinski definition) is 4. The lowest BCUT2D eigenvalue weighted by Gasteiger charge is -2.35. The van der Waals surface area contributed by atoms with Gasteiger partial charge in [-0.3, -0.25) is 9.59 Å². The van der Waals surface area contributed by atoms with Crippen LogP contribution in [0.15, 0.2) is 48.5 Å². The van der Waals surface area contributed by atoms with Crippen LogP contribution in [0.25, 0.3) is 0 Å². The van der Waals surface area contributed by atoms with Crippen LogP contribution in [0.1, 0.15) is 22.3 Å². The van der Waals surface area contributed by atoms with Crippen molar-refractivity contribution < 1.29 is 14.3 Å². The monoisotopic (exact) mass is 367 g/mol. The third kappa shape index (κ3) is 4.78. The van der Waals surface area contributed by atoms with Crippen molar-refractivity contribution in [3.8, 4) is 5.75 Å². The Morgan fingerprint density at radius 1 is 1.00 bits per heavy atom. The summed E-state index contributed by atoms with van der Waals surface area (Å²) in [7, 11) is 1.63. The summed E-state index contributed by atoms with van der Waals surface area (Å²) in [4.78, 5) is 28.6. The molecule has 2 N–H and O–H groups in total. The SMILES string of the molecule is COc1ccc(CCC(=O)N2CCN(C(=O)c3cccc(N)c3)CC2)cc1. The molecule has 1 aliphatic heterocycles. The lowest BCUT2D eigenvalue weighted by atomic mass is 10.1. The number of methoxy groups -OCH3 is 1. The Kier molecular flexibility index (Phi) is 5.96. The number of piperazine rings is 1. The van der Waals surface area contributed by atoms with Gasteiger partial charge in [-0.2, -0.15) is 0 Å². The zero-order valence-corrected chi connectivity index (χ0v) is 15.6. The number of nitrogens with two attached hydrogens (primary N) is 1. The fourth-order valence-corrected chi connectivity index (χ4v) is 3.21. The molecule has 142 valence electrons. The first kappa shape index (κ1) is 18.8. The number of hydrogen-bond donors (Lipinski definition) is 1. The van der Waals surface area contributed by atoms with Crippen LogP contribution < -0.4 is 10.5 Å². The van der Waals surface area contributed by atoms with Gasteiger partial charge >= 0.3 is 0 Å². The first-order valence-corrected chi connectivity index (χ1v) is 9.12. The van der Waals surface area contributed by atoms with Gasteiger partial charge in [0.2, 0.25) is 5.91 Å². The molecule has 0 radical (unpaired) electrons. The van der Waals surface area contributed by atoms with E-state index in [2.05, 4.69) is 0 Å². The van der Waals surface area contributed by atoms with Crippen LogP contribution in [0.3, 0.4) is 0 Å². The summed E-state index contributed by atoms with van der Waals surface area (Å²) in [5.74, 6) is 0.903. The molecule has 0 bridgehead atoms. The molecule has 6 nitrogen and oxygen atoms in total. The second-order valence-electron chi connectivity index (χ2n) is 6.65. The van der Waals surface area contributed by atoms with E-state index in [1.54, 1.807) is 36.3 Å². The quantitative estimate of drug-likeness (QED) is 0.822. The first-order valence-electron chi connectivity index (χ1n) is 9.12. The van der Waals surface area contributed by atoms with E-state index in [9.17, 15) is 9.59 Å². The molecule has 1 heterocycles. The number of anilines is 1. The largest absolute Gasteiger partial charge is 0.497 e. The second-order valence-corrected chi connectivity index (χ2v) is 6.65. The number of aryl methyl sites for hydroxylation is 1. The molecule has 0 aromatic heterocycles. The first-order chi connectivity index (χ1) is 13.1. The maximum absolute atomic E-state index is 12.5. The summed E-state index contributed by atoms with van der Waals surface area (Å²) in [5, 5.41) is 0. The number of carbonyl (C=O) groups excluding carboxylic acids is 2. The van der Waals surface area contributed by atoms with Gasteiger partial charge in [-0.25, -0.2) is 0 Å². The Labute approximate surface area is 159 Å². The number of nitrogen functional groups attached to an aromatic ring is 1. The molecule has 6 heteroatoms. The molecule has 0 saturated carbocycles. The fraction of sp³-hybridized carbons (Fsp3) is 0.333. The van der Waals surface area contributed by atoms with Crippen molar-refractivity contribution in [1.82, 2.24) is 9.80 Å². The van der Waals surface area contributed by atoms with E-state index < -0.39 is 0 Å². The average Bonchev–Trinajstić information content (AvgIpc) is 2.72. The van der Waals surface area contributed by atoms with Crippen LogP contribution in [-0.2, 0) is 11.2 Å². The van der Waals surface area contributed by atoms with Gasteiger partial charge in [0.25, 0.3) is 5.91 Å². The molecule has 3 rings (SSSR count). The Bertz CT molecular complexity index is 797. The number of carbonyl (C=O) groups is 2. The Morgan fingerprint density at radius 2 is 1.67 bits per heavy atom. The number of benzene rings is 2. The predicted octanol–water partition coefficient (Wildman–Crippen LogP) is 2.19. The molecular weight excluding hydrogens is 342 g/mol. The van der Waals surface area contributed by atoms with Gasteiger partial charge in [-0.1, -0.05) is 18.2 Å². The molecule has 1 aliphatic rings. The van der Waals surface area contributed by atoms with E-state index in [4.69, 9.17) is 10.5 Å². The lowest BCUT2D eigenvalue weighted by molar-refractivity contribution is -0.132. The van der Waals surface area contributed by atoms with Crippen molar-refractivity contribution >= 4 is 17.5 Å². The molecule has 2 aromatic rings. The summed E-state index contributed by atoms with van der Waals surface area (Å²) in [6.45, 7) is 2.22. The maximum Gasteiger partial charge on any atom is 0.254 e. The molecule has 0 spiro atoms. The highest BCUT2D eigenvalue weighted by Crippen LogP contribution is 2.15. The van der Waals surface area contributed by atoms with Gasteiger partial charge in [0, 0.05) is 43.9 Å². The summed E-state index contributed by atoms with van der Waals surface area (Å²) < 4.78 is 5.14. The molecule has 0 atom stereocenters. The van der Waals surface area contributed by atoms with Gasteiger partial charge in [0.1, 0.15) is 5.75 Å². The molecule has 2 aromatic carbocycles. The molecule has 0 unspecified atom stereocenters. The van der Waals surface area contributed by atoms with E-state index in [0.717, 1.165) is 11.3 Å². The van der Waals surface area contributed by atoms with Crippen LogP contribution >= 0.6 is 0 Å². The van der Waals surface area contributed by atoms with Crippen LogP contribution in [0.4, 0.5) is 5.69 Å². The number of rotatable bonds is 5. The zero-order chi connectivity index (χ0) is 19.2. The second kappa shape index (κ2) is 8.58. The predicted molar refractivity (Wildman–Crippen MR) is 105 cm³/mol. The van der Waals surface area contributed by atoms with Crippen molar-refractivity contribution in [3.63, 3.8) is 0 Å². The van der Waals surface area contributed by atoms with Gasteiger partial charge in [-0.05, 0) is 42.3 Å². The normalized spacial score (nSPS) is 14.1. The molecule has 27 heavy (non-hydrogen) atoms. The lowest BCUT2D eigenvalue weighted by Crippen LogP contribution is -2.50. The number of ether oxygens (including phenoxy) is 1. The summed E-state index contributed by atoms with van der Waals surface area (Å²) in [5.41, 5.74) is 8.03. The smallest absolute Gasteiger partial charge is 0.254 e. The van der Waals surface area contributed by atoms with Crippen molar-refractivity contribution in [1.29, 1.82) is 0 Å². The van der Waals surface area contributed by atoms with Gasteiger partial charge < -0.3 is 20.3 Å². The highest BCUT2D eigenvalue weighted by atomic mass is 16.5. The summed E-state index contributed by atoms with van der Waals surface area (Å²) in [6.07, 6.45) is 1.17. The van der Waals surface area contributed by atoms with Gasteiger partial charge in [0.15, 0.2) is 0 Å². The fourth-order valence-electron chi connectivity index (χ4n) is 3.21. The van der Waals surface area contributed by atoms with E-state index in [0.29, 0.717) is 50.3 Å². The standard InChI is InChI=1S/C21H25N3O3/c1-27-19-8-5-16(6-9-19)7-10-20(25)23-11-13-24(14-12-23)21(26)17-3-2-4-18(22)15-17/h2-6,8-9,15H,7,10-14,22H2,1H3. The van der Waals surface area contributed by atoms with Crippen LogP contribution in [0, 0.1) is 0 Å². The van der Waals surface area contributed by atoms with Crippen LogP contribution in [0.2, 0.25) is 0 Å². The van der Waals surface area contributed by atoms with E-state index in [1.807, 2.05) is 29.2 Å². The minimum absolute atomic E-state index is 0.0346. The van der Waals surface area contributed by atoms with Crippen molar-refractivity contribution in [3.05, 3.63) is 59.7 Å². The topological polar surface area (TPSA) is 75.9 Å². The summed E-state index contributed by atoms with van der Waals surface area (Å²) in [6, 6.07) is 14.8. The van der Waals surface area contributed by atoms with Crippen LogP contribution in [0.5, 0.6) is 5.75 Å². The number of nitrogens with zero attached hydrogens (tertiary/aromatic N) is 2. The molecule has 0 aliphatic carbocycles. The van der Waals surface area contributed by atoms with Gasteiger partial charge in [0.05, 0.1) is 7.11 Å². The van der Waals surface area contributed by atoms with E-state index in [1.165, 1.54) is 0 Å². The Hall–Kier alpha value is -3.02. The van der Waals surface area contributed by atoms with Crippen LogP contribution in [-0.4, -0.2) is 54.9 Å². The third-order valence-corrected chi connectivity index (χ3v) is 4.84. The highest BCUT2D eigenvalue weighted by molar-refractivity contribution is 5.95. The zero-order valence-electron chi connectivity index (χ0n) is 15.6. The van der Waals surface area contributed by atoms with Gasteiger partial charge in [-0.15, -0.1) is 0 Å². The molecule has 1 saturated heterocycles. The summed E-state index contributed by atoms with van der Waals surface area (Å²) >= 11 is 0. The third-order valence-electron chi connectivity index (χ3n) is 4.84. The van der Waals surface area contributed by atoms with E-state index in [-0.39, 0.29) is 11.8 Å². The van der Waals surface area contributed by atoms with Crippen molar-refractivity contribution in [2.45, 2.75) is 12.8 Å². The average molecular weight is 367 g/mol. The molecular formula is C21H25N3O3. The Morgan fingerprint density at radius 3 is 2.30 bits per heavy atom. The maximum atomic E-state index is 12.5.